The summed E-state index contributed by atoms with van der Waals surface area (Å²) >= 11 is 0. The fourth-order valence-corrected chi connectivity index (χ4v) is 3.06. The van der Waals surface area contributed by atoms with Crippen LogP contribution in [-0.4, -0.2) is 51.1 Å². The van der Waals surface area contributed by atoms with E-state index in [1.807, 2.05) is 27.8 Å². The Labute approximate surface area is 131 Å². The Hall–Kier alpha value is -1.92. The number of anilines is 2. The highest BCUT2D eigenvalue weighted by Crippen LogP contribution is 2.28. The summed E-state index contributed by atoms with van der Waals surface area (Å²) in [5.41, 5.74) is 6.30. The molecule has 2 rings (SSSR count). The van der Waals surface area contributed by atoms with Gasteiger partial charge in [0.05, 0.1) is 11.9 Å². The minimum atomic E-state index is -0.842. The maximum absolute atomic E-state index is 11.4. The molecule has 1 saturated heterocycles. The number of aromatic nitrogens is 2. The molecule has 0 atom stereocenters. The van der Waals surface area contributed by atoms with Crippen molar-refractivity contribution in [1.29, 1.82) is 0 Å². The van der Waals surface area contributed by atoms with E-state index in [0.717, 1.165) is 31.7 Å². The summed E-state index contributed by atoms with van der Waals surface area (Å²) in [7, 11) is 1.89. The van der Waals surface area contributed by atoms with Crippen molar-refractivity contribution in [2.24, 2.45) is 13.0 Å². The Morgan fingerprint density at radius 1 is 1.45 bits per heavy atom. The highest BCUT2D eigenvalue weighted by atomic mass is 16.4. The number of nitrogen functional groups attached to an aromatic ring is 1. The zero-order chi connectivity index (χ0) is 16.5. The van der Waals surface area contributed by atoms with E-state index in [1.165, 1.54) is 0 Å². The van der Waals surface area contributed by atoms with E-state index in [2.05, 4.69) is 10.00 Å². The molecule has 1 aliphatic heterocycles. The van der Waals surface area contributed by atoms with Crippen molar-refractivity contribution < 1.29 is 9.90 Å². The van der Waals surface area contributed by atoms with Crippen LogP contribution in [0.3, 0.4) is 0 Å². The second-order valence-corrected chi connectivity index (χ2v) is 7.04. The maximum atomic E-state index is 11.4. The van der Waals surface area contributed by atoms with Crippen LogP contribution in [0, 0.1) is 5.92 Å². The Morgan fingerprint density at radius 2 is 2.05 bits per heavy atom. The number of hydrogen-bond acceptors (Lipinski definition) is 4. The van der Waals surface area contributed by atoms with Crippen molar-refractivity contribution >= 4 is 17.6 Å². The van der Waals surface area contributed by atoms with Gasteiger partial charge < -0.3 is 20.6 Å². The number of rotatable bonds is 3. The minimum Gasteiger partial charge on any atom is -0.465 e. The topological polar surface area (TPSA) is 87.6 Å². The van der Waals surface area contributed by atoms with Gasteiger partial charge in [-0.15, -0.1) is 0 Å². The lowest BCUT2D eigenvalue weighted by Crippen LogP contribution is -2.49. The molecule has 1 fully saturated rings. The highest BCUT2D eigenvalue weighted by Gasteiger charge is 2.31. The van der Waals surface area contributed by atoms with Crippen molar-refractivity contribution in [3.8, 4) is 0 Å². The molecule has 0 unspecified atom stereocenters. The van der Waals surface area contributed by atoms with E-state index in [4.69, 9.17) is 5.73 Å². The fourth-order valence-electron chi connectivity index (χ4n) is 3.06. The average Bonchev–Trinajstić information content (AvgIpc) is 2.75. The first kappa shape index (κ1) is 16.5. The van der Waals surface area contributed by atoms with Crippen LogP contribution in [0.4, 0.5) is 16.3 Å². The number of carbonyl (C=O) groups is 1. The third kappa shape index (κ3) is 3.45. The summed E-state index contributed by atoms with van der Waals surface area (Å²) in [6.07, 6.45) is 2.76. The number of piperidine rings is 1. The maximum Gasteiger partial charge on any atom is 0.407 e. The highest BCUT2D eigenvalue weighted by molar-refractivity contribution is 5.66. The molecular weight excluding hydrogens is 282 g/mol. The van der Waals surface area contributed by atoms with E-state index in [9.17, 15) is 9.90 Å². The summed E-state index contributed by atoms with van der Waals surface area (Å²) in [6, 6.07) is 0. The molecule has 1 aromatic heterocycles. The van der Waals surface area contributed by atoms with Crippen LogP contribution >= 0.6 is 0 Å². The summed E-state index contributed by atoms with van der Waals surface area (Å²) in [6.45, 7) is 8.16. The molecule has 2 heterocycles. The Morgan fingerprint density at radius 3 is 2.45 bits per heavy atom. The predicted molar refractivity (Wildman–Crippen MR) is 87.0 cm³/mol. The summed E-state index contributed by atoms with van der Waals surface area (Å²) in [5.74, 6) is 1.35. The molecule has 7 heteroatoms. The van der Waals surface area contributed by atoms with E-state index in [-0.39, 0.29) is 5.54 Å². The summed E-state index contributed by atoms with van der Waals surface area (Å²) in [4.78, 5) is 15.2. The minimum absolute atomic E-state index is 0.366. The molecule has 1 aromatic rings. The number of hydrogen-bond donors (Lipinski definition) is 2. The normalized spacial score (nSPS) is 16.8. The van der Waals surface area contributed by atoms with Gasteiger partial charge in [-0.3, -0.25) is 4.68 Å². The molecule has 1 amide bonds. The van der Waals surface area contributed by atoms with Gasteiger partial charge in [-0.05, 0) is 39.5 Å². The van der Waals surface area contributed by atoms with Gasteiger partial charge in [0.15, 0.2) is 0 Å². The van der Waals surface area contributed by atoms with E-state index >= 15 is 0 Å². The second kappa shape index (κ2) is 6.06. The number of amides is 1. The molecule has 124 valence electrons. The van der Waals surface area contributed by atoms with Crippen molar-refractivity contribution in [1.82, 2.24) is 14.7 Å². The fraction of sp³-hybridized carbons (Fsp3) is 0.733. The monoisotopic (exact) mass is 309 g/mol. The SMILES string of the molecule is Cn1ncc(N)c1N1CCC(CN(C(=O)O)C(C)(C)C)CC1. The molecule has 0 aliphatic carbocycles. The Kier molecular flexibility index (Phi) is 4.53. The van der Waals surface area contributed by atoms with Gasteiger partial charge in [-0.1, -0.05) is 0 Å². The van der Waals surface area contributed by atoms with Crippen LogP contribution in [-0.2, 0) is 7.05 Å². The Bertz CT molecular complexity index is 507. The Balaban J connectivity index is 1.96. The molecule has 22 heavy (non-hydrogen) atoms. The molecule has 3 N–H and O–H groups in total. The summed E-state index contributed by atoms with van der Waals surface area (Å²) in [5, 5.41) is 13.6. The first-order valence-corrected chi connectivity index (χ1v) is 7.73. The van der Waals surface area contributed by atoms with Crippen LogP contribution in [0.25, 0.3) is 0 Å². The van der Waals surface area contributed by atoms with Gasteiger partial charge >= 0.3 is 6.09 Å². The lowest BCUT2D eigenvalue weighted by Gasteiger charge is -2.39. The quantitative estimate of drug-likeness (QED) is 0.891. The number of aryl methyl sites for hydroxylation is 1. The molecule has 1 aliphatic rings. The van der Waals surface area contributed by atoms with Crippen LogP contribution in [0.2, 0.25) is 0 Å². The van der Waals surface area contributed by atoms with E-state index in [1.54, 1.807) is 15.8 Å². The predicted octanol–water partition coefficient (Wildman–Crippen LogP) is 2.00. The second-order valence-electron chi connectivity index (χ2n) is 7.04. The van der Waals surface area contributed by atoms with Crippen LogP contribution in [0.5, 0.6) is 0 Å². The number of nitrogens with zero attached hydrogens (tertiary/aromatic N) is 4. The van der Waals surface area contributed by atoms with Gasteiger partial charge in [0.25, 0.3) is 0 Å². The average molecular weight is 309 g/mol. The third-order valence-corrected chi connectivity index (χ3v) is 4.33. The molecule has 0 radical (unpaired) electrons. The largest absolute Gasteiger partial charge is 0.465 e. The molecule has 7 nitrogen and oxygen atoms in total. The zero-order valence-electron chi connectivity index (χ0n) is 13.9. The van der Waals surface area contributed by atoms with E-state index in [0.29, 0.717) is 18.2 Å². The van der Waals surface area contributed by atoms with Gasteiger partial charge in [0.2, 0.25) is 0 Å². The molecule has 0 saturated carbocycles. The standard InChI is InChI=1S/C15H27N5O2/c1-15(2,3)20(14(21)22)10-11-5-7-19(8-6-11)13-12(16)9-17-18(13)4/h9,11H,5-8,10,16H2,1-4H3,(H,21,22). The lowest BCUT2D eigenvalue weighted by atomic mass is 9.94. The molecule has 0 bridgehead atoms. The van der Waals surface area contributed by atoms with Crippen molar-refractivity contribution in [3.63, 3.8) is 0 Å². The van der Waals surface area contributed by atoms with Gasteiger partial charge in [0, 0.05) is 32.2 Å². The van der Waals surface area contributed by atoms with Crippen molar-refractivity contribution in [2.75, 3.05) is 30.3 Å². The number of nitrogens with two attached hydrogens (primary N) is 1. The van der Waals surface area contributed by atoms with Crippen molar-refractivity contribution in [2.45, 2.75) is 39.2 Å². The first-order valence-electron chi connectivity index (χ1n) is 7.73. The molecule has 0 spiro atoms. The first-order chi connectivity index (χ1) is 10.2. The third-order valence-electron chi connectivity index (χ3n) is 4.33. The van der Waals surface area contributed by atoms with Crippen LogP contribution in [0.15, 0.2) is 6.20 Å². The smallest absolute Gasteiger partial charge is 0.407 e. The van der Waals surface area contributed by atoms with Crippen LogP contribution < -0.4 is 10.6 Å². The molecular formula is C15H27N5O2. The van der Waals surface area contributed by atoms with Gasteiger partial charge in [-0.25, -0.2) is 4.79 Å². The van der Waals surface area contributed by atoms with Crippen molar-refractivity contribution in [3.05, 3.63) is 6.20 Å². The van der Waals surface area contributed by atoms with E-state index < -0.39 is 6.09 Å². The lowest BCUT2D eigenvalue weighted by molar-refractivity contribution is 0.0852. The molecule has 0 aromatic carbocycles. The van der Waals surface area contributed by atoms with Gasteiger partial charge in [-0.2, -0.15) is 5.10 Å². The summed E-state index contributed by atoms with van der Waals surface area (Å²) < 4.78 is 1.80. The zero-order valence-corrected chi connectivity index (χ0v) is 13.9. The number of carboxylic acid groups (broad SMARTS) is 1. The van der Waals surface area contributed by atoms with Crippen LogP contribution in [0.1, 0.15) is 33.6 Å². The van der Waals surface area contributed by atoms with Gasteiger partial charge in [0.1, 0.15) is 5.82 Å².